The van der Waals surface area contributed by atoms with Gasteiger partial charge in [-0.3, -0.25) is 9.36 Å². The molecule has 2 rings (SSSR count). The van der Waals surface area contributed by atoms with Crippen LogP contribution in [0.3, 0.4) is 0 Å². The molecule has 0 aliphatic rings. The van der Waals surface area contributed by atoms with Crippen LogP contribution in [0, 0.1) is 11.3 Å². The summed E-state index contributed by atoms with van der Waals surface area (Å²) in [4.78, 5) is 15.1. The SMILES string of the molecule is N#Cc1c(C(F)(F)F)ncn(-c2c(Cl)cc(C(F)(F)F)cc2Cl)c1=O. The third kappa shape index (κ3) is 3.57. The molecule has 1 aromatic heterocycles. The van der Waals surface area contributed by atoms with E-state index in [4.69, 9.17) is 28.5 Å². The zero-order valence-corrected chi connectivity index (χ0v) is 13.0. The molecule has 2 aromatic rings. The number of nitrogens with zero attached hydrogens (tertiary/aromatic N) is 3. The summed E-state index contributed by atoms with van der Waals surface area (Å²) in [5, 5.41) is 7.49. The highest BCUT2D eigenvalue weighted by atomic mass is 35.5. The van der Waals surface area contributed by atoms with E-state index in [9.17, 15) is 31.1 Å². The van der Waals surface area contributed by atoms with E-state index in [1.807, 2.05) is 0 Å². The molecular weight excluding hydrogens is 399 g/mol. The summed E-state index contributed by atoms with van der Waals surface area (Å²) in [5.74, 6) is 0. The van der Waals surface area contributed by atoms with Gasteiger partial charge < -0.3 is 0 Å². The van der Waals surface area contributed by atoms with Crippen molar-refractivity contribution in [1.82, 2.24) is 9.55 Å². The van der Waals surface area contributed by atoms with Crippen molar-refractivity contribution < 1.29 is 26.3 Å². The fraction of sp³-hybridized carbons (Fsp3) is 0.154. The molecule has 0 aliphatic heterocycles. The van der Waals surface area contributed by atoms with Gasteiger partial charge in [-0.2, -0.15) is 31.6 Å². The van der Waals surface area contributed by atoms with Crippen molar-refractivity contribution in [2.24, 2.45) is 0 Å². The Kier molecular flexibility index (Phi) is 4.76. The summed E-state index contributed by atoms with van der Waals surface area (Å²) in [5.41, 5.74) is -6.30. The molecule has 0 fully saturated rings. The highest BCUT2D eigenvalue weighted by Gasteiger charge is 2.38. The number of nitriles is 1. The van der Waals surface area contributed by atoms with E-state index < -0.39 is 50.5 Å². The topological polar surface area (TPSA) is 58.7 Å². The van der Waals surface area contributed by atoms with Crippen LogP contribution in [0.5, 0.6) is 0 Å². The second kappa shape index (κ2) is 6.24. The Labute approximate surface area is 144 Å². The second-order valence-electron chi connectivity index (χ2n) is 4.54. The van der Waals surface area contributed by atoms with Crippen LogP contribution in [0.4, 0.5) is 26.3 Å². The fourth-order valence-corrected chi connectivity index (χ4v) is 2.56. The minimum Gasteiger partial charge on any atom is -0.267 e. The van der Waals surface area contributed by atoms with Crippen molar-refractivity contribution in [3.8, 4) is 11.8 Å². The first-order valence-electron chi connectivity index (χ1n) is 6.03. The molecule has 0 N–H and O–H groups in total. The predicted octanol–water partition coefficient (Wildman–Crippen LogP) is 4.45. The molecule has 132 valence electrons. The molecule has 4 nitrogen and oxygen atoms in total. The Morgan fingerprint density at radius 2 is 1.56 bits per heavy atom. The lowest BCUT2D eigenvalue weighted by Gasteiger charge is -2.15. The maximum absolute atomic E-state index is 12.8. The molecule has 0 bridgehead atoms. The van der Waals surface area contributed by atoms with Crippen LogP contribution in [0.25, 0.3) is 5.69 Å². The smallest absolute Gasteiger partial charge is 0.267 e. The first-order valence-corrected chi connectivity index (χ1v) is 6.79. The summed E-state index contributed by atoms with van der Waals surface area (Å²) in [6.07, 6.45) is -9.48. The van der Waals surface area contributed by atoms with Crippen molar-refractivity contribution in [2.75, 3.05) is 0 Å². The van der Waals surface area contributed by atoms with Gasteiger partial charge in [-0.15, -0.1) is 0 Å². The van der Waals surface area contributed by atoms with Crippen LogP contribution >= 0.6 is 23.2 Å². The Balaban J connectivity index is 2.78. The van der Waals surface area contributed by atoms with Gasteiger partial charge in [-0.1, -0.05) is 23.2 Å². The van der Waals surface area contributed by atoms with Gasteiger partial charge >= 0.3 is 12.4 Å². The van der Waals surface area contributed by atoms with E-state index in [0.717, 1.165) is 6.07 Å². The predicted molar refractivity (Wildman–Crippen MR) is 74.6 cm³/mol. The van der Waals surface area contributed by atoms with Gasteiger partial charge in [0.1, 0.15) is 18.0 Å². The lowest BCUT2D eigenvalue weighted by Crippen LogP contribution is -2.27. The molecule has 0 saturated carbocycles. The molecule has 0 saturated heterocycles. The van der Waals surface area contributed by atoms with Crippen LogP contribution in [0.1, 0.15) is 16.8 Å². The minimum atomic E-state index is -5.07. The lowest BCUT2D eigenvalue weighted by atomic mass is 10.2. The van der Waals surface area contributed by atoms with Crippen LogP contribution in [-0.2, 0) is 12.4 Å². The summed E-state index contributed by atoms with van der Waals surface area (Å²) < 4.78 is 76.7. The number of hydrogen-bond acceptors (Lipinski definition) is 3. The first-order chi connectivity index (χ1) is 11.4. The number of halogens is 8. The molecule has 0 atom stereocenters. The summed E-state index contributed by atoms with van der Waals surface area (Å²) in [6.45, 7) is 0. The maximum atomic E-state index is 12.8. The highest BCUT2D eigenvalue weighted by molar-refractivity contribution is 6.37. The van der Waals surface area contributed by atoms with Crippen LogP contribution in [0.2, 0.25) is 10.0 Å². The average Bonchev–Trinajstić information content (AvgIpc) is 2.45. The largest absolute Gasteiger partial charge is 0.434 e. The van der Waals surface area contributed by atoms with Crippen molar-refractivity contribution in [3.05, 3.63) is 55.7 Å². The summed E-state index contributed by atoms with van der Waals surface area (Å²) >= 11 is 11.4. The van der Waals surface area contributed by atoms with E-state index in [0.29, 0.717) is 23.0 Å². The normalized spacial score (nSPS) is 12.1. The lowest BCUT2D eigenvalue weighted by molar-refractivity contribution is -0.141. The average molecular weight is 402 g/mol. The molecule has 0 radical (unpaired) electrons. The Hall–Kier alpha value is -2.25. The van der Waals surface area contributed by atoms with Gasteiger partial charge in [-0.05, 0) is 12.1 Å². The van der Waals surface area contributed by atoms with Gasteiger partial charge in [0, 0.05) is 0 Å². The third-order valence-electron chi connectivity index (χ3n) is 2.94. The zero-order chi connectivity index (χ0) is 19.2. The molecule has 12 heteroatoms. The summed E-state index contributed by atoms with van der Waals surface area (Å²) in [7, 11) is 0. The van der Waals surface area contributed by atoms with Crippen molar-refractivity contribution >= 4 is 23.2 Å². The Morgan fingerprint density at radius 1 is 1.04 bits per heavy atom. The van der Waals surface area contributed by atoms with Crippen LogP contribution in [0.15, 0.2) is 23.3 Å². The number of benzene rings is 1. The third-order valence-corrected chi connectivity index (χ3v) is 3.51. The Bertz CT molecular complexity index is 920. The molecule has 1 heterocycles. The van der Waals surface area contributed by atoms with Crippen molar-refractivity contribution in [3.63, 3.8) is 0 Å². The first kappa shape index (κ1) is 19.1. The number of hydrogen-bond donors (Lipinski definition) is 0. The van der Waals surface area contributed by atoms with Crippen LogP contribution < -0.4 is 5.56 Å². The second-order valence-corrected chi connectivity index (χ2v) is 5.35. The highest BCUT2D eigenvalue weighted by Crippen LogP contribution is 2.37. The Morgan fingerprint density at radius 3 is 1.96 bits per heavy atom. The van der Waals surface area contributed by atoms with E-state index in [2.05, 4.69) is 4.98 Å². The minimum absolute atomic E-state index is 0.374. The standard InChI is InChI=1S/C13H3Cl2F6N3O/c14-7-1-5(12(16,17)18)2-8(15)9(7)24-4-23-10(13(19,20)21)6(3-22)11(24)25/h1-2,4H. The molecule has 0 aliphatic carbocycles. The molecule has 0 unspecified atom stereocenters. The van der Waals surface area contributed by atoms with E-state index >= 15 is 0 Å². The molecule has 0 spiro atoms. The monoisotopic (exact) mass is 401 g/mol. The van der Waals surface area contributed by atoms with Crippen LogP contribution in [-0.4, -0.2) is 9.55 Å². The zero-order valence-electron chi connectivity index (χ0n) is 11.5. The fourth-order valence-electron chi connectivity index (χ4n) is 1.89. The molecule has 25 heavy (non-hydrogen) atoms. The maximum Gasteiger partial charge on any atom is 0.434 e. The quantitative estimate of drug-likeness (QED) is 0.663. The number of alkyl halides is 6. The van der Waals surface area contributed by atoms with E-state index in [1.165, 1.54) is 0 Å². The van der Waals surface area contributed by atoms with Crippen molar-refractivity contribution in [1.29, 1.82) is 5.26 Å². The number of rotatable bonds is 1. The van der Waals surface area contributed by atoms with E-state index in [-0.39, 0.29) is 0 Å². The number of aromatic nitrogens is 2. The van der Waals surface area contributed by atoms with Gasteiger partial charge in [0.05, 0.1) is 21.3 Å². The van der Waals surface area contributed by atoms with Gasteiger partial charge in [0.15, 0.2) is 5.69 Å². The molecule has 1 aromatic carbocycles. The summed E-state index contributed by atoms with van der Waals surface area (Å²) in [6, 6.07) is 1.96. The molecule has 0 amide bonds. The van der Waals surface area contributed by atoms with E-state index in [1.54, 1.807) is 0 Å². The van der Waals surface area contributed by atoms with Gasteiger partial charge in [0.25, 0.3) is 5.56 Å². The molecular formula is C13H3Cl2F6N3O. The van der Waals surface area contributed by atoms with Gasteiger partial charge in [-0.25, -0.2) is 4.98 Å². The van der Waals surface area contributed by atoms with Crippen molar-refractivity contribution in [2.45, 2.75) is 12.4 Å². The van der Waals surface area contributed by atoms with Gasteiger partial charge in [0.2, 0.25) is 0 Å².